The summed E-state index contributed by atoms with van der Waals surface area (Å²) in [5, 5.41) is 9.54. The summed E-state index contributed by atoms with van der Waals surface area (Å²) >= 11 is 8.12. The number of carbonyl (C=O) groups is 3. The number of ether oxygens (including phenoxy) is 2. The Morgan fingerprint density at radius 2 is 1.97 bits per heavy atom. The Balaban J connectivity index is 1.56. The summed E-state index contributed by atoms with van der Waals surface area (Å²) in [6.07, 6.45) is 2.81. The fourth-order valence-electron chi connectivity index (χ4n) is 2.90. The maximum absolute atomic E-state index is 12.4. The van der Waals surface area contributed by atoms with Crippen LogP contribution >= 0.6 is 34.2 Å². The normalized spacial score (nSPS) is 10.7. The van der Waals surface area contributed by atoms with Gasteiger partial charge in [0, 0.05) is 10.7 Å². The third-order valence-corrected chi connectivity index (χ3v) is 5.94. The van der Waals surface area contributed by atoms with Gasteiger partial charge in [0.05, 0.1) is 29.7 Å². The van der Waals surface area contributed by atoms with Gasteiger partial charge >= 0.3 is 11.8 Å². The molecular weight excluding hydrogens is 603 g/mol. The van der Waals surface area contributed by atoms with Crippen molar-refractivity contribution in [2.45, 2.75) is 13.5 Å². The first-order valence-electron chi connectivity index (χ1n) is 10.5. The number of nitrogens with one attached hydrogen (secondary N) is 3. The van der Waals surface area contributed by atoms with Crippen LogP contribution in [0.3, 0.4) is 0 Å². The molecule has 0 fully saturated rings. The molecule has 1 aromatic heterocycles. The smallest absolute Gasteiger partial charge is 0.329 e. The van der Waals surface area contributed by atoms with E-state index in [0.717, 1.165) is 5.56 Å². The minimum atomic E-state index is -0.930. The molecule has 0 unspecified atom stereocenters. The number of halogens is 2. The van der Waals surface area contributed by atoms with Crippen molar-refractivity contribution in [3.8, 4) is 11.5 Å². The number of benzene rings is 2. The lowest BCUT2D eigenvalue weighted by molar-refractivity contribution is -0.139. The van der Waals surface area contributed by atoms with Crippen LogP contribution in [0.2, 0.25) is 5.02 Å². The molecule has 1 heterocycles. The second-order valence-corrected chi connectivity index (χ2v) is 8.81. The van der Waals surface area contributed by atoms with Crippen LogP contribution < -0.4 is 25.5 Å². The molecule has 0 aliphatic rings. The lowest BCUT2D eigenvalue weighted by atomic mass is 10.2. The maximum atomic E-state index is 12.4. The molecule has 2 aromatic carbocycles. The van der Waals surface area contributed by atoms with Gasteiger partial charge in [0.2, 0.25) is 0 Å². The van der Waals surface area contributed by atoms with Gasteiger partial charge < -0.3 is 24.5 Å². The topological polar surface area (TPSA) is 131 Å². The highest BCUT2D eigenvalue weighted by molar-refractivity contribution is 14.1. The van der Waals surface area contributed by atoms with E-state index < -0.39 is 11.8 Å². The van der Waals surface area contributed by atoms with E-state index >= 15 is 0 Å². The van der Waals surface area contributed by atoms with E-state index in [1.807, 2.05) is 22.6 Å². The van der Waals surface area contributed by atoms with Crippen molar-refractivity contribution in [3.05, 3.63) is 74.2 Å². The molecule has 3 rings (SSSR count). The van der Waals surface area contributed by atoms with Gasteiger partial charge in [0.1, 0.15) is 5.76 Å². The van der Waals surface area contributed by atoms with Crippen molar-refractivity contribution in [2.24, 2.45) is 5.10 Å². The van der Waals surface area contributed by atoms with E-state index in [2.05, 4.69) is 21.2 Å². The molecule has 188 valence electrons. The fourth-order valence-corrected chi connectivity index (χ4v) is 3.85. The SMILES string of the molecule is COc1cc(/C=N\NC(=O)C(=O)NCc2ccco2)cc(I)c1OCC(=O)Nc1cccc(Cl)c1C. The van der Waals surface area contributed by atoms with Crippen LogP contribution in [0.4, 0.5) is 5.69 Å². The molecule has 36 heavy (non-hydrogen) atoms. The molecule has 0 atom stereocenters. The van der Waals surface area contributed by atoms with E-state index in [1.165, 1.54) is 19.6 Å². The van der Waals surface area contributed by atoms with Gasteiger partial charge in [-0.3, -0.25) is 14.4 Å². The van der Waals surface area contributed by atoms with Crippen LogP contribution in [-0.2, 0) is 20.9 Å². The van der Waals surface area contributed by atoms with Crippen molar-refractivity contribution in [1.82, 2.24) is 10.7 Å². The Kier molecular flexibility index (Phi) is 9.70. The summed E-state index contributed by atoms with van der Waals surface area (Å²) in [7, 11) is 1.46. The molecule has 3 N–H and O–H groups in total. The number of hydrazone groups is 1. The average Bonchev–Trinajstić information content (AvgIpc) is 3.38. The number of amides is 3. The van der Waals surface area contributed by atoms with Gasteiger partial charge in [-0.15, -0.1) is 0 Å². The predicted molar refractivity (Wildman–Crippen MR) is 142 cm³/mol. The van der Waals surface area contributed by atoms with Crippen LogP contribution in [0.5, 0.6) is 11.5 Å². The van der Waals surface area contributed by atoms with E-state index in [-0.39, 0.29) is 19.1 Å². The predicted octanol–water partition coefficient (Wildman–Crippen LogP) is 3.64. The molecule has 3 aromatic rings. The monoisotopic (exact) mass is 624 g/mol. The lowest BCUT2D eigenvalue weighted by Crippen LogP contribution is -2.37. The van der Waals surface area contributed by atoms with Crippen LogP contribution in [0, 0.1) is 10.5 Å². The van der Waals surface area contributed by atoms with Gasteiger partial charge in [-0.05, 0) is 77.0 Å². The van der Waals surface area contributed by atoms with E-state index in [1.54, 1.807) is 49.4 Å². The Labute approximate surface area is 225 Å². The number of methoxy groups -OCH3 is 1. The van der Waals surface area contributed by atoms with Gasteiger partial charge in [-0.1, -0.05) is 17.7 Å². The molecule has 0 radical (unpaired) electrons. The van der Waals surface area contributed by atoms with Gasteiger partial charge in [-0.25, -0.2) is 5.43 Å². The number of nitrogens with zero attached hydrogens (tertiary/aromatic N) is 1. The Morgan fingerprint density at radius 3 is 2.69 bits per heavy atom. The van der Waals surface area contributed by atoms with Gasteiger partial charge in [0.25, 0.3) is 5.91 Å². The molecule has 0 saturated heterocycles. The highest BCUT2D eigenvalue weighted by Gasteiger charge is 2.15. The molecule has 0 aliphatic carbocycles. The van der Waals surface area contributed by atoms with Crippen molar-refractivity contribution >= 4 is 63.8 Å². The molecule has 10 nitrogen and oxygen atoms in total. The summed E-state index contributed by atoms with van der Waals surface area (Å²) in [6, 6.07) is 11.9. The first-order chi connectivity index (χ1) is 17.3. The Bertz CT molecular complexity index is 1280. The van der Waals surface area contributed by atoms with E-state index in [0.29, 0.717) is 37.1 Å². The summed E-state index contributed by atoms with van der Waals surface area (Å²) in [5.74, 6) is -0.907. The maximum Gasteiger partial charge on any atom is 0.329 e. The minimum Gasteiger partial charge on any atom is -0.493 e. The Hall–Kier alpha value is -3.58. The molecule has 0 bridgehead atoms. The fraction of sp³-hybridized carbons (Fsp3) is 0.167. The van der Waals surface area contributed by atoms with Crippen LogP contribution in [0.15, 0.2) is 58.2 Å². The first kappa shape index (κ1) is 27.0. The number of hydrogen-bond acceptors (Lipinski definition) is 7. The third kappa shape index (κ3) is 7.46. The van der Waals surface area contributed by atoms with Crippen molar-refractivity contribution < 1.29 is 28.3 Å². The zero-order valence-corrected chi connectivity index (χ0v) is 22.2. The van der Waals surface area contributed by atoms with Crippen LogP contribution in [0.25, 0.3) is 0 Å². The largest absolute Gasteiger partial charge is 0.493 e. The Morgan fingerprint density at radius 1 is 1.17 bits per heavy atom. The zero-order valence-electron chi connectivity index (χ0n) is 19.3. The first-order valence-corrected chi connectivity index (χ1v) is 11.9. The van der Waals surface area contributed by atoms with Crippen molar-refractivity contribution in [3.63, 3.8) is 0 Å². The third-order valence-electron chi connectivity index (χ3n) is 4.73. The van der Waals surface area contributed by atoms with Crippen molar-refractivity contribution in [1.29, 1.82) is 0 Å². The van der Waals surface area contributed by atoms with Gasteiger partial charge in [-0.2, -0.15) is 5.10 Å². The van der Waals surface area contributed by atoms with E-state index in [9.17, 15) is 14.4 Å². The summed E-state index contributed by atoms with van der Waals surface area (Å²) in [4.78, 5) is 36.1. The highest BCUT2D eigenvalue weighted by atomic mass is 127. The summed E-state index contributed by atoms with van der Waals surface area (Å²) in [6.45, 7) is 1.63. The number of furan rings is 1. The standard InChI is InChI=1S/C24H22ClIN4O6/c1-14-17(25)6-3-7-19(14)29-21(31)13-36-22-18(26)9-15(10-20(22)34-2)11-28-30-24(33)23(32)27-12-16-5-4-8-35-16/h3-11H,12-13H2,1-2H3,(H,27,32)(H,29,31)(H,30,33)/b28-11-. The van der Waals surface area contributed by atoms with Crippen molar-refractivity contribution in [2.75, 3.05) is 19.0 Å². The number of hydrogen-bond donors (Lipinski definition) is 3. The lowest BCUT2D eigenvalue weighted by Gasteiger charge is -2.14. The molecule has 12 heteroatoms. The number of anilines is 1. The molecular formula is C24H22ClIN4O6. The zero-order chi connectivity index (χ0) is 26.1. The molecule has 0 aliphatic heterocycles. The quantitative estimate of drug-likeness (QED) is 0.144. The molecule has 0 spiro atoms. The average molecular weight is 625 g/mol. The second-order valence-electron chi connectivity index (χ2n) is 7.24. The second kappa shape index (κ2) is 12.9. The molecule has 0 saturated carbocycles. The number of rotatable bonds is 9. The van der Waals surface area contributed by atoms with E-state index in [4.69, 9.17) is 25.5 Å². The summed E-state index contributed by atoms with van der Waals surface area (Å²) < 4.78 is 16.8. The minimum absolute atomic E-state index is 0.0799. The summed E-state index contributed by atoms with van der Waals surface area (Å²) in [5.41, 5.74) is 4.08. The number of carbonyl (C=O) groups excluding carboxylic acids is 3. The van der Waals surface area contributed by atoms with Crippen LogP contribution in [-0.4, -0.2) is 37.7 Å². The van der Waals surface area contributed by atoms with Crippen LogP contribution in [0.1, 0.15) is 16.9 Å². The molecule has 3 amide bonds. The van der Waals surface area contributed by atoms with Gasteiger partial charge in [0.15, 0.2) is 18.1 Å². The highest BCUT2D eigenvalue weighted by Crippen LogP contribution is 2.33.